The summed E-state index contributed by atoms with van der Waals surface area (Å²) in [5.74, 6) is -0.0138. The molecule has 2 aromatic carbocycles. The van der Waals surface area contributed by atoms with Crippen LogP contribution in [0.1, 0.15) is 50.3 Å². The molecule has 0 fully saturated rings. The number of aryl methyl sites for hydroxylation is 2. The molecule has 0 amide bonds. The zero-order chi connectivity index (χ0) is 28.5. The normalized spacial score (nSPS) is 10.7. The van der Waals surface area contributed by atoms with Crippen LogP contribution >= 0.6 is 0 Å². The van der Waals surface area contributed by atoms with Crippen molar-refractivity contribution in [2.45, 2.75) is 47.0 Å². The van der Waals surface area contributed by atoms with Crippen molar-refractivity contribution in [2.75, 3.05) is 11.5 Å². The standard InChI is InChI=1S/C13H17NO2.C10H15N.C7H9N3/c1-9-3-4-11(8-13(9)14)5-6-12(16)7-10(2)15;1-5-8(3)7-10(6-2)9(4)11;8-6-3-1-5(2-4-6)7(9)10/h3-4,8H,5-7,14H2,1-2H3;5-7H,1,4,11H2,2-3H3;1-4H,8H2,(H3,9,10)/b;8-7-,10-6+;. The third-order valence-electron chi connectivity index (χ3n) is 5.09. The van der Waals surface area contributed by atoms with Gasteiger partial charge in [0.25, 0.3) is 0 Å². The van der Waals surface area contributed by atoms with Gasteiger partial charge in [0, 0.05) is 29.1 Å². The van der Waals surface area contributed by atoms with Gasteiger partial charge in [-0.15, -0.1) is 0 Å². The van der Waals surface area contributed by atoms with Gasteiger partial charge in [0.2, 0.25) is 0 Å². The lowest BCUT2D eigenvalue weighted by atomic mass is 10.0. The minimum Gasteiger partial charge on any atom is -0.399 e. The number of hydrogen-bond donors (Lipinski definition) is 5. The number of nitrogen functional groups attached to an aromatic ring is 3. The topological polar surface area (TPSA) is 162 Å². The lowest BCUT2D eigenvalue weighted by molar-refractivity contribution is -0.125. The number of amidine groups is 1. The molecule has 2 rings (SSSR count). The summed E-state index contributed by atoms with van der Waals surface area (Å²) in [7, 11) is 0. The van der Waals surface area contributed by atoms with Gasteiger partial charge < -0.3 is 22.9 Å². The third kappa shape index (κ3) is 14.6. The van der Waals surface area contributed by atoms with E-state index >= 15 is 0 Å². The molecule has 0 unspecified atom stereocenters. The molecule has 0 atom stereocenters. The summed E-state index contributed by atoms with van der Waals surface area (Å²) in [4.78, 5) is 22.1. The number of hydrogen-bond acceptors (Lipinski definition) is 6. The Labute approximate surface area is 221 Å². The minimum absolute atomic E-state index is 0.00773. The molecule has 37 heavy (non-hydrogen) atoms. The van der Waals surface area contributed by atoms with Crippen LogP contribution < -0.4 is 22.9 Å². The lowest BCUT2D eigenvalue weighted by Gasteiger charge is -2.04. The van der Waals surface area contributed by atoms with Crippen molar-refractivity contribution in [3.8, 4) is 0 Å². The van der Waals surface area contributed by atoms with Gasteiger partial charge >= 0.3 is 0 Å². The first-order chi connectivity index (χ1) is 17.3. The summed E-state index contributed by atoms with van der Waals surface area (Å²) in [6.45, 7) is 14.6. The maximum absolute atomic E-state index is 11.3. The Morgan fingerprint density at radius 1 is 1.03 bits per heavy atom. The first kappa shape index (κ1) is 32.6. The number of ketones is 2. The largest absolute Gasteiger partial charge is 0.399 e. The fraction of sp³-hybridized carbons (Fsp3) is 0.233. The fourth-order valence-corrected chi connectivity index (χ4v) is 2.82. The quantitative estimate of drug-likeness (QED) is 0.104. The van der Waals surface area contributed by atoms with Crippen LogP contribution in [0.4, 0.5) is 11.4 Å². The van der Waals surface area contributed by atoms with Crippen LogP contribution in [0.3, 0.4) is 0 Å². The Kier molecular flexibility index (Phi) is 15.1. The predicted molar refractivity (Wildman–Crippen MR) is 157 cm³/mol. The number of allylic oxidation sites excluding steroid dienone is 4. The molecule has 0 radical (unpaired) electrons. The minimum atomic E-state index is -0.0755. The van der Waals surface area contributed by atoms with Crippen molar-refractivity contribution in [1.82, 2.24) is 0 Å². The first-order valence-electron chi connectivity index (χ1n) is 11.8. The first-order valence-corrected chi connectivity index (χ1v) is 11.8. The van der Waals surface area contributed by atoms with Gasteiger partial charge in [-0.05, 0) is 81.1 Å². The van der Waals surface area contributed by atoms with Crippen LogP contribution in [0.2, 0.25) is 0 Å². The highest BCUT2D eigenvalue weighted by molar-refractivity contribution is 5.98. The molecule has 7 nitrogen and oxygen atoms in total. The van der Waals surface area contributed by atoms with Crippen LogP contribution in [0.25, 0.3) is 0 Å². The highest BCUT2D eigenvalue weighted by Gasteiger charge is 2.06. The predicted octanol–water partition coefficient (Wildman–Crippen LogP) is 5.15. The SMILES string of the molecule is C=C/C(C)=C\C(=C/C)C(=C)N.CC(=O)CC(=O)CCc1ccc(C)c(N)c1.N=C(N)c1ccc(N)cc1. The van der Waals surface area contributed by atoms with Crippen molar-refractivity contribution in [2.24, 2.45) is 11.5 Å². The summed E-state index contributed by atoms with van der Waals surface area (Å²) in [5, 5.41) is 7.04. The molecular formula is C30H41N5O2. The third-order valence-corrected chi connectivity index (χ3v) is 5.09. The van der Waals surface area contributed by atoms with Crippen molar-refractivity contribution in [3.63, 3.8) is 0 Å². The van der Waals surface area contributed by atoms with Crippen LogP contribution in [0, 0.1) is 12.3 Å². The van der Waals surface area contributed by atoms with Gasteiger partial charge in [-0.25, -0.2) is 0 Å². The number of carbonyl (C=O) groups excluding carboxylic acids is 2. The van der Waals surface area contributed by atoms with Gasteiger partial charge in [0.1, 0.15) is 17.4 Å². The highest BCUT2D eigenvalue weighted by atomic mass is 16.1. The second-order valence-corrected chi connectivity index (χ2v) is 8.51. The molecule has 2 aromatic rings. The van der Waals surface area contributed by atoms with E-state index in [1.54, 1.807) is 30.3 Å². The maximum atomic E-state index is 11.3. The average Bonchev–Trinajstić information content (AvgIpc) is 2.83. The molecular weight excluding hydrogens is 462 g/mol. The molecule has 0 aromatic heterocycles. The number of nitrogens with one attached hydrogen (secondary N) is 1. The van der Waals surface area contributed by atoms with Gasteiger partial charge in [-0.3, -0.25) is 15.0 Å². The Morgan fingerprint density at radius 2 is 1.62 bits per heavy atom. The molecule has 0 aliphatic rings. The van der Waals surface area contributed by atoms with E-state index in [4.69, 9.17) is 28.3 Å². The molecule has 0 aliphatic carbocycles. The highest BCUT2D eigenvalue weighted by Crippen LogP contribution is 2.14. The molecule has 9 N–H and O–H groups in total. The van der Waals surface area contributed by atoms with Crippen LogP contribution in [0.5, 0.6) is 0 Å². The van der Waals surface area contributed by atoms with E-state index in [2.05, 4.69) is 13.2 Å². The molecule has 0 aliphatic heterocycles. The zero-order valence-corrected chi connectivity index (χ0v) is 22.4. The molecule has 7 heteroatoms. The van der Waals surface area contributed by atoms with E-state index in [9.17, 15) is 9.59 Å². The molecule has 0 bridgehead atoms. The number of nitrogens with two attached hydrogens (primary N) is 4. The van der Waals surface area contributed by atoms with Crippen LogP contribution in [0.15, 0.2) is 90.7 Å². The Morgan fingerprint density at radius 3 is 2.05 bits per heavy atom. The summed E-state index contributed by atoms with van der Waals surface area (Å²) >= 11 is 0. The number of rotatable bonds is 9. The van der Waals surface area contributed by atoms with E-state index in [0.717, 1.165) is 28.0 Å². The van der Waals surface area contributed by atoms with Crippen molar-refractivity contribution >= 4 is 28.8 Å². The summed E-state index contributed by atoms with van der Waals surface area (Å²) in [5.41, 5.74) is 28.8. The van der Waals surface area contributed by atoms with Crippen molar-refractivity contribution in [3.05, 3.63) is 107 Å². The van der Waals surface area contributed by atoms with Gasteiger partial charge in [-0.1, -0.05) is 49.1 Å². The lowest BCUT2D eigenvalue weighted by Crippen LogP contribution is -2.10. The van der Waals surface area contributed by atoms with Gasteiger partial charge in [0.15, 0.2) is 0 Å². The fourth-order valence-electron chi connectivity index (χ4n) is 2.82. The van der Waals surface area contributed by atoms with Crippen molar-refractivity contribution in [1.29, 1.82) is 5.41 Å². The van der Waals surface area contributed by atoms with Gasteiger partial charge in [0.05, 0.1) is 6.42 Å². The molecule has 0 heterocycles. The molecule has 0 spiro atoms. The number of anilines is 2. The number of Topliss-reactive ketones (excluding diaryl/α,β-unsaturated/α-hetero) is 2. The van der Waals surface area contributed by atoms with E-state index in [0.29, 0.717) is 29.8 Å². The van der Waals surface area contributed by atoms with Crippen LogP contribution in [-0.4, -0.2) is 17.4 Å². The maximum Gasteiger partial charge on any atom is 0.140 e. The smallest absolute Gasteiger partial charge is 0.140 e. The summed E-state index contributed by atoms with van der Waals surface area (Å²) in [6, 6.07) is 12.7. The monoisotopic (exact) mass is 503 g/mol. The Bertz CT molecular complexity index is 1160. The Balaban J connectivity index is 0.000000546. The van der Waals surface area contributed by atoms with Crippen molar-refractivity contribution < 1.29 is 9.59 Å². The average molecular weight is 504 g/mol. The second kappa shape index (κ2) is 17.1. The Hall–Kier alpha value is -4.39. The molecule has 0 saturated carbocycles. The number of benzene rings is 2. The van der Waals surface area contributed by atoms with Crippen LogP contribution in [-0.2, 0) is 16.0 Å². The number of carbonyl (C=O) groups is 2. The van der Waals surface area contributed by atoms with E-state index in [1.165, 1.54) is 6.92 Å². The van der Waals surface area contributed by atoms with Gasteiger partial charge in [-0.2, -0.15) is 0 Å². The summed E-state index contributed by atoms with van der Waals surface area (Å²) < 4.78 is 0. The summed E-state index contributed by atoms with van der Waals surface area (Å²) in [6.07, 6.45) is 6.76. The van der Waals surface area contributed by atoms with E-state index in [-0.39, 0.29) is 23.8 Å². The molecule has 0 saturated heterocycles. The zero-order valence-electron chi connectivity index (χ0n) is 22.4. The van der Waals surface area contributed by atoms with E-state index in [1.807, 2.05) is 51.1 Å². The molecule has 198 valence electrons. The second-order valence-electron chi connectivity index (χ2n) is 8.51. The van der Waals surface area contributed by atoms with E-state index < -0.39 is 0 Å².